The van der Waals surface area contributed by atoms with Crippen LogP contribution in [0.25, 0.3) is 0 Å². The zero-order valence-corrected chi connectivity index (χ0v) is 19.4. The molecule has 0 saturated carbocycles. The van der Waals surface area contributed by atoms with Gasteiger partial charge in [0.1, 0.15) is 11.5 Å². The van der Waals surface area contributed by atoms with Crippen molar-refractivity contribution >= 4 is 38.9 Å². The van der Waals surface area contributed by atoms with Crippen LogP contribution in [0.15, 0.2) is 65.6 Å². The van der Waals surface area contributed by atoms with Crippen molar-refractivity contribution in [2.75, 3.05) is 23.8 Å². The lowest BCUT2D eigenvalue weighted by atomic mass is 10.1. The van der Waals surface area contributed by atoms with Crippen LogP contribution >= 0.6 is 11.6 Å². The van der Waals surface area contributed by atoms with Gasteiger partial charge in [0.15, 0.2) is 6.61 Å². The van der Waals surface area contributed by atoms with E-state index >= 15 is 0 Å². The normalized spacial score (nSPS) is 11.0. The molecule has 3 rings (SSSR count). The molecule has 168 valence electrons. The number of halogens is 1. The second kappa shape index (κ2) is 9.93. The van der Waals surface area contributed by atoms with Crippen molar-refractivity contribution in [2.24, 2.45) is 0 Å². The fourth-order valence-electron chi connectivity index (χ4n) is 2.82. The van der Waals surface area contributed by atoms with E-state index in [1.54, 1.807) is 30.3 Å². The number of nitrogens with one attached hydrogen (secondary N) is 2. The number of rotatable bonds is 8. The number of hydrogen-bond donors (Lipinski definition) is 2. The first-order valence-electron chi connectivity index (χ1n) is 9.64. The Bertz CT molecular complexity index is 1230. The molecule has 0 aliphatic heterocycles. The molecule has 0 spiro atoms. The van der Waals surface area contributed by atoms with E-state index < -0.39 is 10.0 Å². The number of aryl methyl sites for hydroxylation is 2. The molecule has 0 fully saturated rings. The second-order valence-corrected chi connectivity index (χ2v) is 9.15. The summed E-state index contributed by atoms with van der Waals surface area (Å²) < 4.78 is 38.3. The van der Waals surface area contributed by atoms with E-state index in [4.69, 9.17) is 21.1 Å². The number of methoxy groups -OCH3 is 1. The number of benzene rings is 3. The number of hydrogen-bond acceptors (Lipinski definition) is 5. The molecule has 3 aromatic rings. The minimum Gasteiger partial charge on any atom is -0.495 e. The van der Waals surface area contributed by atoms with E-state index in [2.05, 4.69) is 10.0 Å². The van der Waals surface area contributed by atoms with Crippen LogP contribution in [0.2, 0.25) is 5.02 Å². The highest BCUT2D eigenvalue weighted by Gasteiger charge is 2.15. The van der Waals surface area contributed by atoms with Crippen LogP contribution in [0.5, 0.6) is 11.5 Å². The van der Waals surface area contributed by atoms with Gasteiger partial charge in [0, 0.05) is 11.4 Å². The average molecular weight is 475 g/mol. The minimum absolute atomic E-state index is 0.0837. The van der Waals surface area contributed by atoms with Crippen molar-refractivity contribution < 1.29 is 22.7 Å². The van der Waals surface area contributed by atoms with Gasteiger partial charge in [-0.2, -0.15) is 0 Å². The standard InChI is InChI=1S/C23H23ClN2O5S/c1-15-4-5-18(12-16(15)2)26-32(28,29)20-9-7-19(8-10-20)31-14-23(27)25-17-6-11-22(30-3)21(24)13-17/h4-13,26H,14H2,1-3H3,(H,25,27). The smallest absolute Gasteiger partial charge is 0.262 e. The highest BCUT2D eigenvalue weighted by atomic mass is 35.5. The van der Waals surface area contributed by atoms with E-state index in [1.807, 2.05) is 19.9 Å². The Kier molecular flexibility index (Phi) is 7.27. The largest absolute Gasteiger partial charge is 0.495 e. The molecule has 0 bridgehead atoms. The Morgan fingerprint density at radius 2 is 1.62 bits per heavy atom. The molecule has 0 aliphatic rings. The van der Waals surface area contributed by atoms with Crippen molar-refractivity contribution in [1.82, 2.24) is 0 Å². The second-order valence-electron chi connectivity index (χ2n) is 7.06. The molecule has 3 aromatic carbocycles. The van der Waals surface area contributed by atoms with Gasteiger partial charge in [-0.25, -0.2) is 8.42 Å². The fourth-order valence-corrected chi connectivity index (χ4v) is 4.13. The third-order valence-electron chi connectivity index (χ3n) is 4.70. The Balaban J connectivity index is 1.58. The van der Waals surface area contributed by atoms with Crippen molar-refractivity contribution in [1.29, 1.82) is 0 Å². The molecule has 2 N–H and O–H groups in total. The van der Waals surface area contributed by atoms with Crippen molar-refractivity contribution in [2.45, 2.75) is 18.7 Å². The maximum absolute atomic E-state index is 12.6. The van der Waals surface area contributed by atoms with Gasteiger partial charge in [-0.3, -0.25) is 9.52 Å². The van der Waals surface area contributed by atoms with E-state index in [0.717, 1.165) is 11.1 Å². The first-order chi connectivity index (χ1) is 15.2. The number of carbonyl (C=O) groups is 1. The Morgan fingerprint density at radius 3 is 2.25 bits per heavy atom. The summed E-state index contributed by atoms with van der Waals surface area (Å²) in [7, 11) is -2.25. The monoisotopic (exact) mass is 474 g/mol. The maximum atomic E-state index is 12.6. The van der Waals surface area contributed by atoms with Crippen LogP contribution in [0, 0.1) is 13.8 Å². The molecule has 0 saturated heterocycles. The third-order valence-corrected chi connectivity index (χ3v) is 6.39. The predicted octanol–water partition coefficient (Wildman–Crippen LogP) is 4.78. The summed E-state index contributed by atoms with van der Waals surface area (Å²) in [6.07, 6.45) is 0. The molecule has 0 atom stereocenters. The molecule has 0 unspecified atom stereocenters. The van der Waals surface area contributed by atoms with Crippen molar-refractivity contribution in [3.8, 4) is 11.5 Å². The number of anilines is 2. The molecule has 7 nitrogen and oxygen atoms in total. The summed E-state index contributed by atoms with van der Waals surface area (Å²) in [6, 6.07) is 16.0. The molecule has 0 aliphatic carbocycles. The topological polar surface area (TPSA) is 93.7 Å². The maximum Gasteiger partial charge on any atom is 0.262 e. The zero-order chi connectivity index (χ0) is 23.3. The lowest BCUT2D eigenvalue weighted by molar-refractivity contribution is -0.118. The van der Waals surface area contributed by atoms with Crippen LogP contribution in [0.3, 0.4) is 0 Å². The van der Waals surface area contributed by atoms with Crippen LogP contribution in [0.1, 0.15) is 11.1 Å². The zero-order valence-electron chi connectivity index (χ0n) is 17.8. The Hall–Kier alpha value is -3.23. The molecule has 0 aromatic heterocycles. The summed E-state index contributed by atoms with van der Waals surface area (Å²) in [5, 5.41) is 3.04. The van der Waals surface area contributed by atoms with Gasteiger partial charge in [-0.05, 0) is 79.6 Å². The van der Waals surface area contributed by atoms with Gasteiger partial charge in [0.2, 0.25) is 0 Å². The van der Waals surface area contributed by atoms with Gasteiger partial charge in [0.25, 0.3) is 15.9 Å². The Labute approximate surface area is 192 Å². The van der Waals surface area contributed by atoms with Crippen LogP contribution < -0.4 is 19.5 Å². The van der Waals surface area contributed by atoms with Crippen molar-refractivity contribution in [3.05, 3.63) is 76.8 Å². The SMILES string of the molecule is COc1ccc(NC(=O)COc2ccc(S(=O)(=O)Nc3ccc(C)c(C)c3)cc2)cc1Cl. The summed E-state index contributed by atoms with van der Waals surface area (Å²) in [5.74, 6) is 0.473. The quantitative estimate of drug-likeness (QED) is 0.490. The van der Waals surface area contributed by atoms with Crippen molar-refractivity contribution in [3.63, 3.8) is 0 Å². The van der Waals surface area contributed by atoms with Gasteiger partial charge in [-0.1, -0.05) is 17.7 Å². The fraction of sp³-hybridized carbons (Fsp3) is 0.174. The Morgan fingerprint density at radius 1 is 0.938 bits per heavy atom. The van der Waals surface area contributed by atoms with E-state index in [1.165, 1.54) is 31.4 Å². The van der Waals surface area contributed by atoms with E-state index in [9.17, 15) is 13.2 Å². The van der Waals surface area contributed by atoms with Gasteiger partial charge in [0.05, 0.1) is 17.0 Å². The van der Waals surface area contributed by atoms with Crippen LogP contribution in [-0.4, -0.2) is 28.0 Å². The number of amides is 1. The summed E-state index contributed by atoms with van der Waals surface area (Å²) >= 11 is 6.04. The average Bonchev–Trinajstić information content (AvgIpc) is 2.75. The van der Waals surface area contributed by atoms with Gasteiger partial charge in [-0.15, -0.1) is 0 Å². The number of ether oxygens (including phenoxy) is 2. The molecule has 32 heavy (non-hydrogen) atoms. The first-order valence-corrected chi connectivity index (χ1v) is 11.5. The summed E-state index contributed by atoms with van der Waals surface area (Å²) in [5.41, 5.74) is 3.06. The third kappa shape index (κ3) is 5.93. The molecule has 1 amide bonds. The first kappa shape index (κ1) is 23.4. The molecular formula is C23H23ClN2O5S. The van der Waals surface area contributed by atoms with E-state index in [-0.39, 0.29) is 17.4 Å². The van der Waals surface area contributed by atoms with E-state index in [0.29, 0.717) is 27.9 Å². The molecule has 0 heterocycles. The lowest BCUT2D eigenvalue weighted by Crippen LogP contribution is -2.20. The van der Waals surface area contributed by atoms with Crippen LogP contribution in [0.4, 0.5) is 11.4 Å². The highest BCUT2D eigenvalue weighted by Crippen LogP contribution is 2.27. The lowest BCUT2D eigenvalue weighted by Gasteiger charge is -2.11. The minimum atomic E-state index is -3.75. The number of sulfonamides is 1. The van der Waals surface area contributed by atoms with Crippen LogP contribution in [-0.2, 0) is 14.8 Å². The van der Waals surface area contributed by atoms with Gasteiger partial charge >= 0.3 is 0 Å². The highest BCUT2D eigenvalue weighted by molar-refractivity contribution is 7.92. The summed E-state index contributed by atoms with van der Waals surface area (Å²) in [4.78, 5) is 12.2. The molecule has 0 radical (unpaired) electrons. The number of carbonyl (C=O) groups excluding carboxylic acids is 1. The van der Waals surface area contributed by atoms with Gasteiger partial charge < -0.3 is 14.8 Å². The molecular weight excluding hydrogens is 452 g/mol. The predicted molar refractivity (Wildman–Crippen MR) is 125 cm³/mol. The molecule has 9 heteroatoms. The summed E-state index contributed by atoms with van der Waals surface area (Å²) in [6.45, 7) is 3.62.